The summed E-state index contributed by atoms with van der Waals surface area (Å²) in [6.45, 7) is 2.03. The number of carbonyl (C=O) groups excluding carboxylic acids is 1. The molecule has 1 saturated carbocycles. The summed E-state index contributed by atoms with van der Waals surface area (Å²) in [5.74, 6) is 0.262. The molecule has 0 radical (unpaired) electrons. The summed E-state index contributed by atoms with van der Waals surface area (Å²) < 4.78 is 0. The fourth-order valence-corrected chi connectivity index (χ4v) is 3.15. The third-order valence-corrected chi connectivity index (χ3v) is 4.18. The molecule has 2 aliphatic rings. The molecule has 1 unspecified atom stereocenters. The summed E-state index contributed by atoms with van der Waals surface area (Å²) in [6.07, 6.45) is 8.45. The van der Waals surface area contributed by atoms with Gasteiger partial charge in [0.2, 0.25) is 5.91 Å². The number of hydrogen-bond donors (Lipinski definition) is 3. The second-order valence-electron chi connectivity index (χ2n) is 5.47. The molecule has 1 aliphatic carbocycles. The van der Waals surface area contributed by atoms with Crippen molar-refractivity contribution in [2.24, 2.45) is 11.7 Å². The van der Waals surface area contributed by atoms with Gasteiger partial charge in [0.25, 0.3) is 0 Å². The molecule has 1 heterocycles. The zero-order valence-electron chi connectivity index (χ0n) is 10.6. The van der Waals surface area contributed by atoms with Gasteiger partial charge in [-0.25, -0.2) is 0 Å². The molecular weight excluding hydrogens is 214 g/mol. The maximum Gasteiger partial charge on any atom is 0.234 e. The van der Waals surface area contributed by atoms with E-state index in [1.54, 1.807) is 0 Å². The van der Waals surface area contributed by atoms with Crippen molar-refractivity contribution in [2.45, 2.75) is 57.0 Å². The van der Waals surface area contributed by atoms with E-state index in [1.807, 2.05) is 0 Å². The molecule has 4 heteroatoms. The number of carbonyl (C=O) groups is 1. The van der Waals surface area contributed by atoms with E-state index in [1.165, 1.54) is 32.1 Å². The Bertz CT molecular complexity index is 245. The van der Waals surface area contributed by atoms with E-state index in [4.69, 9.17) is 5.73 Å². The minimum atomic E-state index is -0.164. The van der Waals surface area contributed by atoms with Gasteiger partial charge in [-0.15, -0.1) is 0 Å². The number of rotatable bonds is 4. The lowest BCUT2D eigenvalue weighted by Crippen LogP contribution is -2.53. The van der Waals surface area contributed by atoms with Gasteiger partial charge in [-0.1, -0.05) is 19.3 Å². The van der Waals surface area contributed by atoms with Crippen LogP contribution in [0.15, 0.2) is 0 Å². The smallest absolute Gasteiger partial charge is 0.234 e. The normalized spacial score (nSPS) is 25.6. The molecule has 1 saturated heterocycles. The Morgan fingerprint density at radius 3 is 2.35 bits per heavy atom. The third-order valence-electron chi connectivity index (χ3n) is 4.18. The first-order valence-corrected chi connectivity index (χ1v) is 7.03. The van der Waals surface area contributed by atoms with Crippen molar-refractivity contribution in [1.29, 1.82) is 0 Å². The van der Waals surface area contributed by atoms with Crippen molar-refractivity contribution in [1.82, 2.24) is 10.6 Å². The Balaban J connectivity index is 1.88. The molecule has 1 amide bonds. The van der Waals surface area contributed by atoms with Crippen LogP contribution in [0.1, 0.15) is 44.9 Å². The molecule has 2 rings (SSSR count). The van der Waals surface area contributed by atoms with Gasteiger partial charge in [0.05, 0.1) is 6.04 Å². The standard InChI is InChI=1S/C13H25N3O/c14-13(17)12(10-6-8-15-9-7-10)16-11-4-2-1-3-5-11/h10-12,15-16H,1-9H2,(H2,14,17). The van der Waals surface area contributed by atoms with Gasteiger partial charge in [-0.05, 0) is 44.7 Å². The van der Waals surface area contributed by atoms with Gasteiger partial charge in [0.15, 0.2) is 0 Å². The van der Waals surface area contributed by atoms with Gasteiger partial charge < -0.3 is 16.4 Å². The van der Waals surface area contributed by atoms with Crippen LogP contribution in [0.2, 0.25) is 0 Å². The van der Waals surface area contributed by atoms with Crippen LogP contribution in [0.4, 0.5) is 0 Å². The second kappa shape index (κ2) is 6.36. The first kappa shape index (κ1) is 12.8. The van der Waals surface area contributed by atoms with E-state index in [0.29, 0.717) is 12.0 Å². The lowest BCUT2D eigenvalue weighted by Gasteiger charge is -2.33. The highest BCUT2D eigenvalue weighted by molar-refractivity contribution is 5.80. The van der Waals surface area contributed by atoms with Crippen LogP contribution in [-0.4, -0.2) is 31.1 Å². The van der Waals surface area contributed by atoms with Crippen LogP contribution >= 0.6 is 0 Å². The highest BCUT2D eigenvalue weighted by Crippen LogP contribution is 2.21. The average Bonchev–Trinajstić information content (AvgIpc) is 2.38. The monoisotopic (exact) mass is 239 g/mol. The van der Waals surface area contributed by atoms with Crippen LogP contribution < -0.4 is 16.4 Å². The minimum absolute atomic E-state index is 0.111. The van der Waals surface area contributed by atoms with E-state index in [-0.39, 0.29) is 11.9 Å². The molecule has 0 aromatic heterocycles. The zero-order chi connectivity index (χ0) is 12.1. The van der Waals surface area contributed by atoms with Crippen molar-refractivity contribution < 1.29 is 4.79 Å². The lowest BCUT2D eigenvalue weighted by molar-refractivity contribution is -0.121. The van der Waals surface area contributed by atoms with E-state index in [9.17, 15) is 4.79 Å². The summed E-state index contributed by atoms with van der Waals surface area (Å²) >= 11 is 0. The van der Waals surface area contributed by atoms with E-state index < -0.39 is 0 Å². The molecule has 4 nitrogen and oxygen atoms in total. The largest absolute Gasteiger partial charge is 0.368 e. The van der Waals surface area contributed by atoms with Gasteiger partial charge >= 0.3 is 0 Å². The van der Waals surface area contributed by atoms with E-state index >= 15 is 0 Å². The summed E-state index contributed by atoms with van der Waals surface area (Å²) in [5.41, 5.74) is 5.56. The number of hydrogen-bond acceptors (Lipinski definition) is 3. The minimum Gasteiger partial charge on any atom is -0.368 e. The van der Waals surface area contributed by atoms with Crippen LogP contribution in [-0.2, 0) is 4.79 Å². The number of primary amides is 1. The Hall–Kier alpha value is -0.610. The predicted octanol–water partition coefficient (Wildman–Crippen LogP) is 0.762. The molecule has 1 atom stereocenters. The predicted molar refractivity (Wildman–Crippen MR) is 68.6 cm³/mol. The number of piperidine rings is 1. The number of nitrogens with two attached hydrogens (primary N) is 1. The molecule has 1 aliphatic heterocycles. The maximum absolute atomic E-state index is 11.6. The second-order valence-corrected chi connectivity index (χ2v) is 5.47. The quantitative estimate of drug-likeness (QED) is 0.678. The van der Waals surface area contributed by atoms with Crippen molar-refractivity contribution in [2.75, 3.05) is 13.1 Å². The van der Waals surface area contributed by atoms with Crippen molar-refractivity contribution >= 4 is 5.91 Å². The molecule has 98 valence electrons. The molecule has 4 N–H and O–H groups in total. The summed E-state index contributed by atoms with van der Waals surface area (Å²) in [4.78, 5) is 11.6. The van der Waals surface area contributed by atoms with Crippen LogP contribution in [0.5, 0.6) is 0 Å². The van der Waals surface area contributed by atoms with Gasteiger partial charge in [0.1, 0.15) is 0 Å². The number of amides is 1. The topological polar surface area (TPSA) is 67.2 Å². The highest BCUT2D eigenvalue weighted by atomic mass is 16.1. The molecular formula is C13H25N3O. The Kier molecular flexibility index (Phi) is 4.80. The highest BCUT2D eigenvalue weighted by Gasteiger charge is 2.29. The fourth-order valence-electron chi connectivity index (χ4n) is 3.15. The van der Waals surface area contributed by atoms with Crippen molar-refractivity contribution in [3.8, 4) is 0 Å². The molecule has 17 heavy (non-hydrogen) atoms. The third kappa shape index (κ3) is 3.68. The van der Waals surface area contributed by atoms with Crippen LogP contribution in [0, 0.1) is 5.92 Å². The molecule has 2 fully saturated rings. The first-order valence-electron chi connectivity index (χ1n) is 7.03. The summed E-state index contributed by atoms with van der Waals surface area (Å²) in [7, 11) is 0. The fraction of sp³-hybridized carbons (Fsp3) is 0.923. The Morgan fingerprint density at radius 1 is 1.12 bits per heavy atom. The molecule has 0 aromatic carbocycles. The van der Waals surface area contributed by atoms with Crippen molar-refractivity contribution in [3.05, 3.63) is 0 Å². The number of nitrogens with one attached hydrogen (secondary N) is 2. The lowest BCUT2D eigenvalue weighted by atomic mass is 9.87. The van der Waals surface area contributed by atoms with Gasteiger partial charge in [0, 0.05) is 6.04 Å². The SMILES string of the molecule is NC(=O)C(NC1CCCCC1)C1CCNCC1. The van der Waals surface area contributed by atoms with Crippen LogP contribution in [0.25, 0.3) is 0 Å². The van der Waals surface area contributed by atoms with Gasteiger partial charge in [-0.3, -0.25) is 4.79 Å². The molecule has 0 bridgehead atoms. The van der Waals surface area contributed by atoms with E-state index in [0.717, 1.165) is 25.9 Å². The van der Waals surface area contributed by atoms with Gasteiger partial charge in [-0.2, -0.15) is 0 Å². The Morgan fingerprint density at radius 2 is 1.76 bits per heavy atom. The summed E-state index contributed by atoms with van der Waals surface area (Å²) in [5, 5.41) is 6.86. The Labute approximate surface area is 104 Å². The first-order chi connectivity index (χ1) is 8.27. The average molecular weight is 239 g/mol. The van der Waals surface area contributed by atoms with E-state index in [2.05, 4.69) is 10.6 Å². The summed E-state index contributed by atoms with van der Waals surface area (Å²) in [6, 6.07) is 0.399. The van der Waals surface area contributed by atoms with Crippen molar-refractivity contribution in [3.63, 3.8) is 0 Å². The van der Waals surface area contributed by atoms with Crippen LogP contribution in [0.3, 0.4) is 0 Å². The molecule has 0 spiro atoms. The maximum atomic E-state index is 11.6. The molecule has 0 aromatic rings. The zero-order valence-corrected chi connectivity index (χ0v) is 10.6.